The Balaban J connectivity index is 2.27. The first-order chi connectivity index (χ1) is 7.20. The molecule has 1 unspecified atom stereocenters. The van der Waals surface area contributed by atoms with Gasteiger partial charge in [0.05, 0.1) is 10.3 Å². The molecule has 0 amide bonds. The molecule has 0 bridgehead atoms. The van der Waals surface area contributed by atoms with Gasteiger partial charge in [0.2, 0.25) is 0 Å². The van der Waals surface area contributed by atoms with Crippen molar-refractivity contribution in [3.63, 3.8) is 0 Å². The van der Waals surface area contributed by atoms with E-state index in [2.05, 4.69) is 15.5 Å². The largest absolute Gasteiger partial charge is 0.333 e. The second-order valence-electron chi connectivity index (χ2n) is 3.32. The molecule has 5 heteroatoms. The molecule has 0 spiro atoms. The summed E-state index contributed by atoms with van der Waals surface area (Å²) in [5, 5.41) is 5.75. The van der Waals surface area contributed by atoms with Gasteiger partial charge in [0, 0.05) is 0 Å². The fourth-order valence-corrected chi connectivity index (χ4v) is 2.10. The zero-order valence-electron chi connectivity index (χ0n) is 8.53. The monoisotopic (exact) mass is 242 g/mol. The molecule has 3 nitrogen and oxygen atoms in total. The molecule has 0 N–H and O–H groups in total. The van der Waals surface area contributed by atoms with E-state index in [1.54, 1.807) is 11.3 Å². The highest BCUT2D eigenvalue weighted by molar-refractivity contribution is 7.13. The predicted molar refractivity (Wildman–Crippen MR) is 61.2 cm³/mol. The fourth-order valence-electron chi connectivity index (χ4n) is 1.19. The third-order valence-corrected chi connectivity index (χ3v) is 3.56. The van der Waals surface area contributed by atoms with E-state index in [0.29, 0.717) is 11.7 Å². The van der Waals surface area contributed by atoms with Gasteiger partial charge in [-0.3, -0.25) is 0 Å². The summed E-state index contributed by atoms with van der Waals surface area (Å²) in [5.74, 6) is 1.13. The third kappa shape index (κ3) is 2.21. The van der Waals surface area contributed by atoms with Gasteiger partial charge in [-0.25, -0.2) is 0 Å². The quantitative estimate of drug-likeness (QED) is 0.769. The number of hydrogen-bond donors (Lipinski definition) is 0. The summed E-state index contributed by atoms with van der Waals surface area (Å²) in [5.41, 5.74) is 1.20. The molecule has 2 aromatic rings. The number of aromatic nitrogens is 2. The molecule has 0 fully saturated rings. The number of nitrogens with zero attached hydrogens (tertiary/aromatic N) is 2. The van der Waals surface area contributed by atoms with Crippen molar-refractivity contribution in [1.82, 2.24) is 10.1 Å². The number of halogens is 1. The third-order valence-electron chi connectivity index (χ3n) is 2.02. The molecule has 0 aliphatic heterocycles. The molecule has 0 radical (unpaired) electrons. The summed E-state index contributed by atoms with van der Waals surface area (Å²) in [6.07, 6.45) is 0.796. The molecule has 0 saturated carbocycles. The van der Waals surface area contributed by atoms with Crippen LogP contribution in [0.5, 0.6) is 0 Å². The number of thiophene rings is 1. The van der Waals surface area contributed by atoms with Crippen LogP contribution in [-0.4, -0.2) is 10.1 Å². The van der Waals surface area contributed by atoms with E-state index >= 15 is 0 Å². The van der Waals surface area contributed by atoms with Crippen LogP contribution < -0.4 is 0 Å². The number of rotatable bonds is 3. The maximum absolute atomic E-state index is 6.02. The SMILES string of the molecule is CCC(Cl)c1noc(-c2cc(C)cs2)n1. The van der Waals surface area contributed by atoms with Crippen molar-refractivity contribution in [3.05, 3.63) is 22.8 Å². The van der Waals surface area contributed by atoms with E-state index in [1.807, 2.05) is 19.9 Å². The molecule has 15 heavy (non-hydrogen) atoms. The van der Waals surface area contributed by atoms with Crippen LogP contribution in [0.3, 0.4) is 0 Å². The van der Waals surface area contributed by atoms with E-state index < -0.39 is 0 Å². The van der Waals surface area contributed by atoms with E-state index in [0.717, 1.165) is 11.3 Å². The molecule has 80 valence electrons. The van der Waals surface area contributed by atoms with Gasteiger partial charge in [-0.2, -0.15) is 4.98 Å². The molecule has 0 aliphatic carbocycles. The van der Waals surface area contributed by atoms with Crippen molar-refractivity contribution >= 4 is 22.9 Å². The maximum Gasteiger partial charge on any atom is 0.268 e. The summed E-state index contributed by atoms with van der Waals surface area (Å²) < 4.78 is 5.15. The Morgan fingerprint density at radius 2 is 2.40 bits per heavy atom. The van der Waals surface area contributed by atoms with Gasteiger partial charge >= 0.3 is 0 Å². The summed E-state index contributed by atoms with van der Waals surface area (Å²) in [7, 11) is 0. The second-order valence-corrected chi connectivity index (χ2v) is 4.76. The Hall–Kier alpha value is -0.870. The van der Waals surface area contributed by atoms with Crippen LogP contribution in [0.1, 0.15) is 30.1 Å². The first kappa shape index (κ1) is 10.6. The predicted octanol–water partition coefficient (Wildman–Crippen LogP) is 3.80. The van der Waals surface area contributed by atoms with Gasteiger partial charge in [0.25, 0.3) is 5.89 Å². The van der Waals surface area contributed by atoms with Crippen molar-refractivity contribution in [2.45, 2.75) is 25.6 Å². The van der Waals surface area contributed by atoms with Crippen molar-refractivity contribution in [2.75, 3.05) is 0 Å². The van der Waals surface area contributed by atoms with Crippen LogP contribution in [0.4, 0.5) is 0 Å². The summed E-state index contributed by atoms with van der Waals surface area (Å²) >= 11 is 7.61. The molecule has 2 rings (SSSR count). The Labute approximate surface area is 97.1 Å². The molecule has 0 aliphatic rings. The average molecular weight is 243 g/mol. The zero-order chi connectivity index (χ0) is 10.8. The van der Waals surface area contributed by atoms with Gasteiger partial charge in [-0.1, -0.05) is 12.1 Å². The summed E-state index contributed by atoms with van der Waals surface area (Å²) in [6, 6.07) is 2.02. The van der Waals surface area contributed by atoms with Crippen LogP contribution >= 0.6 is 22.9 Å². The van der Waals surface area contributed by atoms with E-state index in [-0.39, 0.29) is 5.38 Å². The number of hydrogen-bond acceptors (Lipinski definition) is 4. The minimum Gasteiger partial charge on any atom is -0.333 e. The minimum atomic E-state index is -0.163. The van der Waals surface area contributed by atoms with Gasteiger partial charge < -0.3 is 4.52 Å². The second kappa shape index (κ2) is 4.33. The van der Waals surface area contributed by atoms with E-state index in [1.165, 1.54) is 5.56 Å². The molecule has 0 saturated heterocycles. The Morgan fingerprint density at radius 3 is 3.00 bits per heavy atom. The highest BCUT2D eigenvalue weighted by atomic mass is 35.5. The van der Waals surface area contributed by atoms with Crippen molar-refractivity contribution < 1.29 is 4.52 Å². The van der Waals surface area contributed by atoms with Crippen molar-refractivity contribution in [2.24, 2.45) is 0 Å². The Kier molecular flexibility index (Phi) is 3.07. The lowest BCUT2D eigenvalue weighted by Gasteiger charge is -1.95. The molecule has 2 heterocycles. The van der Waals surface area contributed by atoms with Gasteiger partial charge in [-0.15, -0.1) is 22.9 Å². The zero-order valence-corrected chi connectivity index (χ0v) is 10.1. The topological polar surface area (TPSA) is 38.9 Å². The van der Waals surface area contributed by atoms with E-state index in [9.17, 15) is 0 Å². The molecular formula is C10H11ClN2OS. The van der Waals surface area contributed by atoms with Gasteiger partial charge in [0.1, 0.15) is 0 Å². The molecule has 1 atom stereocenters. The highest BCUT2D eigenvalue weighted by Gasteiger charge is 2.15. The van der Waals surface area contributed by atoms with E-state index in [4.69, 9.17) is 16.1 Å². The van der Waals surface area contributed by atoms with Crippen molar-refractivity contribution in [3.8, 4) is 10.8 Å². The first-order valence-corrected chi connectivity index (χ1v) is 6.05. The van der Waals surface area contributed by atoms with Crippen LogP contribution in [-0.2, 0) is 0 Å². The number of alkyl halides is 1. The Bertz CT molecular complexity index is 452. The first-order valence-electron chi connectivity index (χ1n) is 4.74. The lowest BCUT2D eigenvalue weighted by Crippen LogP contribution is -1.90. The standard InChI is InChI=1S/C10H11ClN2OS/c1-3-7(11)9-12-10(14-13-9)8-4-6(2)5-15-8/h4-5,7H,3H2,1-2H3. The summed E-state index contributed by atoms with van der Waals surface area (Å²) in [6.45, 7) is 4.02. The highest BCUT2D eigenvalue weighted by Crippen LogP contribution is 2.28. The summed E-state index contributed by atoms with van der Waals surface area (Å²) in [4.78, 5) is 5.26. The average Bonchev–Trinajstić information content (AvgIpc) is 2.84. The van der Waals surface area contributed by atoms with Gasteiger partial charge in [0.15, 0.2) is 5.82 Å². The van der Waals surface area contributed by atoms with Crippen LogP contribution in [0, 0.1) is 6.92 Å². The lowest BCUT2D eigenvalue weighted by molar-refractivity contribution is 0.422. The Morgan fingerprint density at radius 1 is 1.60 bits per heavy atom. The molecule has 0 aromatic carbocycles. The van der Waals surface area contributed by atoms with Gasteiger partial charge in [-0.05, 0) is 30.4 Å². The molecular weight excluding hydrogens is 232 g/mol. The normalized spacial score (nSPS) is 13.0. The van der Waals surface area contributed by atoms with Crippen LogP contribution in [0.25, 0.3) is 10.8 Å². The molecule has 2 aromatic heterocycles. The van der Waals surface area contributed by atoms with Crippen molar-refractivity contribution in [1.29, 1.82) is 0 Å². The minimum absolute atomic E-state index is 0.163. The lowest BCUT2D eigenvalue weighted by atomic mass is 10.3. The smallest absolute Gasteiger partial charge is 0.268 e. The fraction of sp³-hybridized carbons (Fsp3) is 0.400. The maximum atomic E-state index is 6.02. The van der Waals surface area contributed by atoms with Crippen LogP contribution in [0.15, 0.2) is 16.0 Å². The van der Waals surface area contributed by atoms with Crippen LogP contribution in [0.2, 0.25) is 0 Å². The number of aryl methyl sites for hydroxylation is 1.